The van der Waals surface area contributed by atoms with E-state index in [2.05, 4.69) is 22.1 Å². The Labute approximate surface area is 202 Å². The van der Waals surface area contributed by atoms with Crippen LogP contribution in [0.25, 0.3) is 0 Å². The number of carbonyl (C=O) groups excluding carboxylic acids is 2. The number of nitrogens with zero attached hydrogens (tertiary/aromatic N) is 3. The Bertz CT molecular complexity index is 978. The Morgan fingerprint density at radius 2 is 1.65 bits per heavy atom. The van der Waals surface area contributed by atoms with Crippen molar-refractivity contribution in [1.29, 1.82) is 0 Å². The molecule has 34 heavy (non-hydrogen) atoms. The van der Waals surface area contributed by atoms with E-state index in [1.807, 2.05) is 18.2 Å². The van der Waals surface area contributed by atoms with Gasteiger partial charge in [0.15, 0.2) is 11.9 Å². The van der Waals surface area contributed by atoms with Gasteiger partial charge in [-0.3, -0.25) is 9.59 Å². The number of quaternary nitrogens is 1. The summed E-state index contributed by atoms with van der Waals surface area (Å²) in [4.78, 5) is 34.9. The lowest BCUT2D eigenvalue weighted by Crippen LogP contribution is -2.66. The fraction of sp³-hybridized carbons (Fsp3) is 0.571. The number of carbonyl (C=O) groups is 2. The molecule has 4 fully saturated rings. The van der Waals surface area contributed by atoms with Gasteiger partial charge >= 0.3 is 5.97 Å². The van der Waals surface area contributed by atoms with Gasteiger partial charge in [0.1, 0.15) is 19.4 Å². The first-order chi connectivity index (χ1) is 16.6. The van der Waals surface area contributed by atoms with Crippen molar-refractivity contribution in [2.24, 2.45) is 5.92 Å². The molecule has 2 bridgehead atoms. The number of hydrogen-bond acceptors (Lipinski definition) is 5. The van der Waals surface area contributed by atoms with Crippen LogP contribution in [0, 0.1) is 5.92 Å². The first-order valence-electron chi connectivity index (χ1n) is 13.0. The van der Waals surface area contributed by atoms with Crippen molar-refractivity contribution in [2.45, 2.75) is 69.3 Å². The van der Waals surface area contributed by atoms with E-state index >= 15 is 0 Å². The maximum atomic E-state index is 13.9. The molecule has 6 rings (SSSR count). The SMILES string of the molecule is O=C(Cc1cncnc1)C[N+]12CCC(CC1)[C@@H](OC(=O)C1(c3ccccc3)CCCCCC1)C2. The molecule has 1 aliphatic carbocycles. The van der Waals surface area contributed by atoms with Crippen LogP contribution in [-0.4, -0.2) is 58.5 Å². The second-order valence-electron chi connectivity index (χ2n) is 10.7. The summed E-state index contributed by atoms with van der Waals surface area (Å²) in [6.07, 6.45) is 13.5. The third kappa shape index (κ3) is 4.78. The van der Waals surface area contributed by atoms with Gasteiger partial charge in [-0.05, 0) is 24.0 Å². The van der Waals surface area contributed by atoms with E-state index in [1.54, 1.807) is 12.4 Å². The lowest BCUT2D eigenvalue weighted by Gasteiger charge is -2.52. The van der Waals surface area contributed by atoms with E-state index < -0.39 is 5.41 Å². The molecule has 0 amide bonds. The summed E-state index contributed by atoms with van der Waals surface area (Å²) in [5.41, 5.74) is 1.43. The predicted molar refractivity (Wildman–Crippen MR) is 129 cm³/mol. The quantitative estimate of drug-likeness (QED) is 0.353. The Morgan fingerprint density at radius 1 is 0.971 bits per heavy atom. The fourth-order valence-electron chi connectivity index (χ4n) is 6.61. The van der Waals surface area contributed by atoms with Gasteiger partial charge in [0.25, 0.3) is 0 Å². The number of piperidine rings is 3. The number of hydrogen-bond donors (Lipinski definition) is 0. The molecular formula is C28H36N3O3+. The number of aromatic nitrogens is 2. The van der Waals surface area contributed by atoms with Gasteiger partial charge in [0.05, 0.1) is 18.5 Å². The normalized spacial score (nSPS) is 28.1. The van der Waals surface area contributed by atoms with Crippen molar-refractivity contribution in [1.82, 2.24) is 9.97 Å². The van der Waals surface area contributed by atoms with E-state index in [0.29, 0.717) is 18.9 Å². The Morgan fingerprint density at radius 3 is 2.32 bits per heavy atom. The van der Waals surface area contributed by atoms with Gasteiger partial charge in [-0.15, -0.1) is 0 Å². The Kier molecular flexibility index (Phi) is 6.77. The standard InChI is InChI=1S/C28H36N3O3/c32-25(16-22-17-29-21-30-18-22)19-31-14-10-23(11-15-31)26(20-31)34-27(33)28(12-6-1-2-7-13-28)24-8-4-3-5-9-24/h3-5,8-9,17-18,21,23,26H,1-2,6-7,10-16,19-20H2/q+1/t23?,26-,31?/m0/s1. The molecule has 0 unspecified atom stereocenters. The molecule has 3 aliphatic heterocycles. The molecule has 0 N–H and O–H groups in total. The van der Waals surface area contributed by atoms with Gasteiger partial charge in [0.2, 0.25) is 0 Å². The van der Waals surface area contributed by atoms with E-state index in [0.717, 1.165) is 73.8 Å². The molecule has 3 saturated heterocycles. The largest absolute Gasteiger partial charge is 0.455 e. The molecular weight excluding hydrogens is 426 g/mol. The van der Waals surface area contributed by atoms with Crippen LogP contribution < -0.4 is 0 Å². The minimum atomic E-state index is -0.530. The highest BCUT2D eigenvalue weighted by Crippen LogP contribution is 2.42. The van der Waals surface area contributed by atoms with E-state index in [1.165, 1.54) is 19.2 Å². The minimum absolute atomic E-state index is 0.0368. The lowest BCUT2D eigenvalue weighted by molar-refractivity contribution is -0.939. The number of rotatable bonds is 7. The lowest BCUT2D eigenvalue weighted by atomic mass is 9.74. The molecule has 180 valence electrons. The van der Waals surface area contributed by atoms with Crippen molar-refractivity contribution < 1.29 is 18.8 Å². The van der Waals surface area contributed by atoms with E-state index in [4.69, 9.17) is 4.74 Å². The monoisotopic (exact) mass is 462 g/mol. The fourth-order valence-corrected chi connectivity index (χ4v) is 6.61. The summed E-state index contributed by atoms with van der Waals surface area (Å²) in [7, 11) is 0. The van der Waals surface area contributed by atoms with Gasteiger partial charge in [0, 0.05) is 37.6 Å². The van der Waals surface area contributed by atoms with Crippen LogP contribution in [0.1, 0.15) is 62.5 Å². The van der Waals surface area contributed by atoms with Crippen LogP contribution in [0.15, 0.2) is 49.1 Å². The highest BCUT2D eigenvalue weighted by Gasteiger charge is 2.50. The second-order valence-corrected chi connectivity index (χ2v) is 10.7. The maximum absolute atomic E-state index is 13.9. The summed E-state index contributed by atoms with van der Waals surface area (Å²) in [5, 5.41) is 0. The van der Waals surface area contributed by atoms with Gasteiger partial charge in [-0.25, -0.2) is 9.97 Å². The van der Waals surface area contributed by atoms with Crippen LogP contribution in [0.5, 0.6) is 0 Å². The first kappa shape index (κ1) is 23.2. The highest BCUT2D eigenvalue weighted by molar-refractivity contribution is 5.83. The van der Waals surface area contributed by atoms with Crippen LogP contribution in [0.4, 0.5) is 0 Å². The van der Waals surface area contributed by atoms with Crippen LogP contribution >= 0.6 is 0 Å². The molecule has 0 spiro atoms. The molecule has 1 aromatic heterocycles. The third-order valence-corrected chi connectivity index (χ3v) is 8.50. The molecule has 6 heteroatoms. The van der Waals surface area contributed by atoms with Crippen LogP contribution in [0.3, 0.4) is 0 Å². The molecule has 2 aromatic rings. The number of benzene rings is 1. The topological polar surface area (TPSA) is 69.2 Å². The van der Waals surface area contributed by atoms with Crippen molar-refractivity contribution >= 4 is 11.8 Å². The Hall–Kier alpha value is -2.60. The average Bonchev–Trinajstić information content (AvgIpc) is 3.13. The van der Waals surface area contributed by atoms with Crippen molar-refractivity contribution in [3.05, 3.63) is 60.2 Å². The maximum Gasteiger partial charge on any atom is 0.317 e. The first-order valence-corrected chi connectivity index (χ1v) is 13.0. The molecule has 1 atom stereocenters. The number of esters is 1. The second kappa shape index (κ2) is 9.95. The zero-order valence-corrected chi connectivity index (χ0v) is 20.0. The zero-order chi connectivity index (χ0) is 23.4. The number of ketones is 1. The minimum Gasteiger partial charge on any atom is -0.455 e. The van der Waals surface area contributed by atoms with Crippen molar-refractivity contribution in [3.8, 4) is 0 Å². The Balaban J connectivity index is 1.30. The molecule has 0 radical (unpaired) electrons. The number of Topliss-reactive ketones (excluding diaryl/α,β-unsaturated/α-hetero) is 1. The number of ether oxygens (including phenoxy) is 1. The van der Waals surface area contributed by atoms with Gasteiger partial charge in [-0.1, -0.05) is 56.0 Å². The molecule has 4 heterocycles. The smallest absolute Gasteiger partial charge is 0.317 e. The molecule has 4 aliphatic rings. The van der Waals surface area contributed by atoms with E-state index in [-0.39, 0.29) is 17.9 Å². The summed E-state index contributed by atoms with van der Waals surface area (Å²) in [6.45, 7) is 3.26. The van der Waals surface area contributed by atoms with Crippen molar-refractivity contribution in [2.75, 3.05) is 26.2 Å². The summed E-state index contributed by atoms with van der Waals surface area (Å²) in [5.74, 6) is 0.593. The highest BCUT2D eigenvalue weighted by atomic mass is 16.5. The molecule has 1 saturated carbocycles. The summed E-state index contributed by atoms with van der Waals surface area (Å²) >= 11 is 0. The average molecular weight is 463 g/mol. The third-order valence-electron chi connectivity index (χ3n) is 8.50. The van der Waals surface area contributed by atoms with E-state index in [9.17, 15) is 9.59 Å². The van der Waals surface area contributed by atoms with Crippen LogP contribution in [0.2, 0.25) is 0 Å². The van der Waals surface area contributed by atoms with Gasteiger partial charge in [-0.2, -0.15) is 0 Å². The van der Waals surface area contributed by atoms with Gasteiger partial charge < -0.3 is 9.22 Å². The zero-order valence-electron chi connectivity index (χ0n) is 20.0. The van der Waals surface area contributed by atoms with Crippen molar-refractivity contribution in [3.63, 3.8) is 0 Å². The summed E-state index contributed by atoms with van der Waals surface area (Å²) < 4.78 is 7.17. The molecule has 1 aromatic carbocycles. The molecule has 6 nitrogen and oxygen atoms in total. The summed E-state index contributed by atoms with van der Waals surface area (Å²) in [6, 6.07) is 10.3. The predicted octanol–water partition coefficient (Wildman–Crippen LogP) is 4.03. The number of fused-ring (bicyclic) bond motifs is 3. The van der Waals surface area contributed by atoms with Crippen LogP contribution in [-0.2, 0) is 26.2 Å².